The zero-order valence-corrected chi connectivity index (χ0v) is 18.1. The molecule has 2 aromatic heterocycles. The molecule has 7 heteroatoms. The third kappa shape index (κ3) is 4.89. The van der Waals surface area contributed by atoms with Gasteiger partial charge in [0.25, 0.3) is 0 Å². The Kier molecular flexibility index (Phi) is 6.45. The van der Waals surface area contributed by atoms with Crippen LogP contribution in [0.1, 0.15) is 79.6 Å². The lowest BCUT2D eigenvalue weighted by atomic mass is 9.89. The predicted molar refractivity (Wildman–Crippen MR) is 113 cm³/mol. The Hall–Kier alpha value is -2.70. The van der Waals surface area contributed by atoms with Gasteiger partial charge in [0.15, 0.2) is 5.82 Å². The molecule has 4 rings (SSSR count). The van der Waals surface area contributed by atoms with Crippen LogP contribution in [-0.4, -0.2) is 26.9 Å². The van der Waals surface area contributed by atoms with Crippen molar-refractivity contribution in [1.82, 2.24) is 20.3 Å². The Morgan fingerprint density at radius 1 is 0.933 bits per heavy atom. The number of rotatable bonds is 8. The molecule has 0 bridgehead atoms. The van der Waals surface area contributed by atoms with Crippen LogP contribution < -0.4 is 4.74 Å². The minimum Gasteiger partial charge on any atom is -0.493 e. The van der Waals surface area contributed by atoms with Gasteiger partial charge >= 0.3 is 0 Å². The zero-order valence-electron chi connectivity index (χ0n) is 18.1. The van der Waals surface area contributed by atoms with E-state index in [1.54, 1.807) is 6.92 Å². The van der Waals surface area contributed by atoms with E-state index in [1.807, 2.05) is 26.0 Å². The molecule has 0 saturated heterocycles. The molecule has 1 aliphatic rings. The summed E-state index contributed by atoms with van der Waals surface area (Å²) in [6.07, 6.45) is 8.98. The maximum absolute atomic E-state index is 6.07. The van der Waals surface area contributed by atoms with Crippen LogP contribution in [0.5, 0.6) is 5.75 Å². The van der Waals surface area contributed by atoms with Crippen LogP contribution in [0.25, 0.3) is 11.4 Å². The highest BCUT2D eigenvalue weighted by Gasteiger charge is 2.21. The molecule has 160 valence electrons. The molecule has 1 saturated carbocycles. The van der Waals surface area contributed by atoms with Gasteiger partial charge in [-0.3, -0.25) is 0 Å². The minimum absolute atomic E-state index is 0.466. The number of aromatic nitrogens is 4. The second-order valence-corrected chi connectivity index (χ2v) is 8.27. The van der Waals surface area contributed by atoms with E-state index in [1.165, 1.54) is 32.1 Å². The molecule has 2 heterocycles. The van der Waals surface area contributed by atoms with Crippen molar-refractivity contribution in [2.24, 2.45) is 0 Å². The Balaban J connectivity index is 1.25. The van der Waals surface area contributed by atoms with Crippen LogP contribution in [0, 0.1) is 20.8 Å². The van der Waals surface area contributed by atoms with Crippen molar-refractivity contribution in [2.75, 3.05) is 6.61 Å². The summed E-state index contributed by atoms with van der Waals surface area (Å²) >= 11 is 0. The van der Waals surface area contributed by atoms with Gasteiger partial charge in [0.2, 0.25) is 17.6 Å². The lowest BCUT2D eigenvalue weighted by molar-refractivity contribution is 0.300. The van der Waals surface area contributed by atoms with Crippen molar-refractivity contribution in [3.8, 4) is 17.1 Å². The summed E-state index contributed by atoms with van der Waals surface area (Å²) in [7, 11) is 0. The van der Waals surface area contributed by atoms with Crippen molar-refractivity contribution >= 4 is 0 Å². The molecular formula is C23H30N4O3. The lowest BCUT2D eigenvalue weighted by Gasteiger charge is -2.17. The van der Waals surface area contributed by atoms with Crippen molar-refractivity contribution in [2.45, 2.75) is 78.1 Å². The largest absolute Gasteiger partial charge is 0.493 e. The molecule has 1 fully saturated rings. The van der Waals surface area contributed by atoms with Crippen LogP contribution in [-0.2, 0) is 6.42 Å². The smallest absolute Gasteiger partial charge is 0.229 e. The summed E-state index contributed by atoms with van der Waals surface area (Å²) in [6.45, 7) is 6.55. The van der Waals surface area contributed by atoms with Crippen molar-refractivity contribution in [3.63, 3.8) is 0 Å². The fraction of sp³-hybridized carbons (Fsp3) is 0.565. The molecule has 30 heavy (non-hydrogen) atoms. The molecule has 0 amide bonds. The van der Waals surface area contributed by atoms with Crippen LogP contribution in [0.3, 0.4) is 0 Å². The van der Waals surface area contributed by atoms with Gasteiger partial charge in [-0.2, -0.15) is 9.97 Å². The van der Waals surface area contributed by atoms with E-state index in [4.69, 9.17) is 13.8 Å². The standard InChI is InChI=1S/C23H30N4O3/c1-15-13-19(22-24-17(3)29-27-22)14-16(2)21(15)28-12-8-7-11-20-25-23(30-26-20)18-9-5-4-6-10-18/h13-14,18H,4-12H2,1-3H3. The number of aryl methyl sites for hydroxylation is 4. The SMILES string of the molecule is Cc1nc(-c2cc(C)c(OCCCCc3noc(C4CCCCC4)n3)c(C)c2)no1. The molecule has 0 aliphatic heterocycles. The quantitative estimate of drug-likeness (QED) is 0.453. The Bertz CT molecular complexity index is 949. The first-order chi connectivity index (χ1) is 14.6. The average Bonchev–Trinajstić information content (AvgIpc) is 3.39. The molecule has 0 N–H and O–H groups in total. The van der Waals surface area contributed by atoms with Gasteiger partial charge in [-0.15, -0.1) is 0 Å². The first kappa shape index (κ1) is 20.6. The second-order valence-electron chi connectivity index (χ2n) is 8.27. The molecule has 0 radical (unpaired) electrons. The van der Waals surface area contributed by atoms with E-state index in [0.29, 0.717) is 24.2 Å². The first-order valence-corrected chi connectivity index (χ1v) is 11.0. The minimum atomic E-state index is 0.466. The van der Waals surface area contributed by atoms with Gasteiger partial charge in [0.1, 0.15) is 5.75 Å². The molecular weight excluding hydrogens is 380 g/mol. The van der Waals surface area contributed by atoms with Gasteiger partial charge in [-0.1, -0.05) is 29.6 Å². The Labute approximate surface area is 177 Å². The zero-order chi connectivity index (χ0) is 20.9. The maximum Gasteiger partial charge on any atom is 0.229 e. The normalized spacial score (nSPS) is 14.9. The topological polar surface area (TPSA) is 87.1 Å². The van der Waals surface area contributed by atoms with E-state index in [0.717, 1.165) is 53.4 Å². The van der Waals surface area contributed by atoms with E-state index in [-0.39, 0.29) is 0 Å². The van der Waals surface area contributed by atoms with Gasteiger partial charge < -0.3 is 13.8 Å². The number of ether oxygens (including phenoxy) is 1. The number of unbranched alkanes of at least 4 members (excludes halogenated alkanes) is 1. The van der Waals surface area contributed by atoms with Gasteiger partial charge in [0, 0.05) is 24.8 Å². The van der Waals surface area contributed by atoms with Gasteiger partial charge in [0.05, 0.1) is 6.61 Å². The van der Waals surface area contributed by atoms with E-state index in [2.05, 4.69) is 20.3 Å². The summed E-state index contributed by atoms with van der Waals surface area (Å²) < 4.78 is 16.7. The second kappa shape index (κ2) is 9.41. The molecule has 1 aromatic carbocycles. The Morgan fingerprint density at radius 2 is 1.70 bits per heavy atom. The molecule has 3 aromatic rings. The van der Waals surface area contributed by atoms with Crippen LogP contribution >= 0.6 is 0 Å². The number of benzene rings is 1. The van der Waals surface area contributed by atoms with E-state index < -0.39 is 0 Å². The van der Waals surface area contributed by atoms with Crippen LogP contribution in [0.2, 0.25) is 0 Å². The fourth-order valence-corrected chi connectivity index (χ4v) is 4.17. The number of nitrogens with zero attached hydrogens (tertiary/aromatic N) is 4. The summed E-state index contributed by atoms with van der Waals surface area (Å²) in [5.41, 5.74) is 3.09. The summed E-state index contributed by atoms with van der Waals surface area (Å²) in [5.74, 6) is 4.23. The summed E-state index contributed by atoms with van der Waals surface area (Å²) in [4.78, 5) is 8.92. The van der Waals surface area contributed by atoms with Crippen molar-refractivity contribution in [1.29, 1.82) is 0 Å². The fourth-order valence-electron chi connectivity index (χ4n) is 4.17. The van der Waals surface area contributed by atoms with Crippen molar-refractivity contribution in [3.05, 3.63) is 40.9 Å². The van der Waals surface area contributed by atoms with Crippen LogP contribution in [0.15, 0.2) is 21.2 Å². The lowest BCUT2D eigenvalue weighted by Crippen LogP contribution is -2.05. The predicted octanol–water partition coefficient (Wildman–Crippen LogP) is 5.49. The maximum atomic E-state index is 6.07. The highest BCUT2D eigenvalue weighted by molar-refractivity contribution is 5.60. The average molecular weight is 411 g/mol. The van der Waals surface area contributed by atoms with Gasteiger partial charge in [-0.25, -0.2) is 0 Å². The monoisotopic (exact) mass is 410 g/mol. The molecule has 1 aliphatic carbocycles. The Morgan fingerprint density at radius 3 is 2.40 bits per heavy atom. The highest BCUT2D eigenvalue weighted by atomic mass is 16.5. The third-order valence-electron chi connectivity index (χ3n) is 5.73. The summed E-state index contributed by atoms with van der Waals surface area (Å²) in [5, 5.41) is 8.17. The summed E-state index contributed by atoms with van der Waals surface area (Å²) in [6, 6.07) is 4.08. The molecule has 0 unspecified atom stereocenters. The first-order valence-electron chi connectivity index (χ1n) is 11.0. The van der Waals surface area contributed by atoms with Crippen molar-refractivity contribution < 1.29 is 13.8 Å². The third-order valence-corrected chi connectivity index (χ3v) is 5.73. The molecule has 0 atom stereocenters. The number of hydrogen-bond donors (Lipinski definition) is 0. The van der Waals surface area contributed by atoms with Crippen LogP contribution in [0.4, 0.5) is 0 Å². The van der Waals surface area contributed by atoms with E-state index in [9.17, 15) is 0 Å². The molecule has 0 spiro atoms. The number of hydrogen-bond acceptors (Lipinski definition) is 7. The van der Waals surface area contributed by atoms with E-state index >= 15 is 0 Å². The highest BCUT2D eigenvalue weighted by Crippen LogP contribution is 2.32. The van der Waals surface area contributed by atoms with Gasteiger partial charge in [-0.05, 0) is 62.8 Å². The molecule has 7 nitrogen and oxygen atoms in total.